The molecule has 0 spiro atoms. The molecule has 11 nitrogen and oxygen atoms in total. The molecule has 0 saturated carbocycles. The van der Waals surface area contributed by atoms with E-state index in [9.17, 15) is 19.4 Å². The molecule has 2 N–H and O–H groups in total. The molecule has 0 fully saturated rings. The lowest BCUT2D eigenvalue weighted by Gasteiger charge is -2.43. The number of aliphatic hydroxyl groups is 1. The van der Waals surface area contributed by atoms with E-state index in [4.69, 9.17) is 23.6 Å². The average Bonchev–Trinajstić information content (AvgIpc) is 3.69. The molecule has 2 atom stereocenters. The van der Waals surface area contributed by atoms with Gasteiger partial charge in [0, 0.05) is 12.6 Å². The second-order valence-electron chi connectivity index (χ2n) is 17.2. The van der Waals surface area contributed by atoms with Crippen molar-refractivity contribution < 1.29 is 38.0 Å². The van der Waals surface area contributed by atoms with Crippen molar-refractivity contribution in [1.82, 2.24) is 19.9 Å². The lowest BCUT2D eigenvalue weighted by Crippen LogP contribution is -2.67. The number of carboxylic acid groups (broad SMARTS) is 1. The topological polar surface area (TPSA) is 146 Å². The van der Waals surface area contributed by atoms with Gasteiger partial charge in [-0.15, -0.1) is 11.3 Å². The van der Waals surface area contributed by atoms with Crippen LogP contribution in [0.3, 0.4) is 0 Å². The van der Waals surface area contributed by atoms with Gasteiger partial charge in [-0.3, -0.25) is 0 Å². The number of aryl methyl sites for hydroxylation is 1. The van der Waals surface area contributed by atoms with Crippen LogP contribution in [0.2, 0.25) is 5.04 Å². The second kappa shape index (κ2) is 21.3. The number of carbonyl (C=O) groups is 1. The number of methoxy groups -OCH3 is 1. The molecule has 0 aliphatic carbocycles. The summed E-state index contributed by atoms with van der Waals surface area (Å²) < 4.78 is 39.7. The molecule has 3 heterocycles. The van der Waals surface area contributed by atoms with Gasteiger partial charge >= 0.3 is 5.97 Å². The van der Waals surface area contributed by atoms with Gasteiger partial charge in [-0.05, 0) is 97.3 Å². The van der Waals surface area contributed by atoms with Crippen LogP contribution < -0.4 is 24.6 Å². The SMILES string of the molecule is COc1ccccc1-c1nccc(COc2ccc(CC[C@@H](O)CO[Si](c3ccccc3)(c3ccccc3)C(C)(C)C)cc2CC(Oc2ncnc3sc(-c4ccc(F)cc4)c(Br)c23)C(=O)O)n1. The number of hydrogen-bond donors (Lipinski definition) is 2. The molecule has 3 aromatic heterocycles. The summed E-state index contributed by atoms with van der Waals surface area (Å²) in [6.07, 6.45) is 1.51. The van der Waals surface area contributed by atoms with Crippen LogP contribution in [-0.2, 0) is 28.7 Å². The van der Waals surface area contributed by atoms with Crippen LogP contribution in [0.25, 0.3) is 32.0 Å². The molecule has 8 rings (SSSR count). The van der Waals surface area contributed by atoms with E-state index in [-0.39, 0.29) is 36.4 Å². The van der Waals surface area contributed by atoms with Gasteiger partial charge in [0.25, 0.3) is 8.32 Å². The van der Waals surface area contributed by atoms with Crippen LogP contribution in [-0.4, -0.2) is 70.4 Å². The number of halogens is 2. The van der Waals surface area contributed by atoms with Crippen LogP contribution in [0.5, 0.6) is 17.4 Å². The maximum Gasteiger partial charge on any atom is 0.345 e. The maximum absolute atomic E-state index is 13.8. The highest BCUT2D eigenvalue weighted by atomic mass is 79.9. The zero-order valence-electron chi connectivity index (χ0n) is 37.9. The maximum atomic E-state index is 13.8. The fourth-order valence-corrected chi connectivity index (χ4v) is 14.9. The first-order valence-electron chi connectivity index (χ1n) is 22.1. The van der Waals surface area contributed by atoms with E-state index in [0.29, 0.717) is 56.1 Å². The van der Waals surface area contributed by atoms with Crippen LogP contribution in [0.15, 0.2) is 150 Å². The van der Waals surface area contributed by atoms with Crippen molar-refractivity contribution in [3.8, 4) is 39.2 Å². The molecule has 15 heteroatoms. The van der Waals surface area contributed by atoms with Crippen molar-refractivity contribution in [2.45, 2.75) is 63.9 Å². The second-order valence-corrected chi connectivity index (χ2v) is 23.3. The number of rotatable bonds is 19. The van der Waals surface area contributed by atoms with Gasteiger partial charge in [-0.1, -0.05) is 118 Å². The molecule has 0 radical (unpaired) electrons. The largest absolute Gasteiger partial charge is 0.496 e. The Hall–Kier alpha value is -6.36. The molecule has 68 heavy (non-hydrogen) atoms. The number of nitrogens with zero attached hydrogens (tertiary/aromatic N) is 4. The summed E-state index contributed by atoms with van der Waals surface area (Å²) in [5.74, 6) is 0.0226. The highest BCUT2D eigenvalue weighted by molar-refractivity contribution is 9.10. The van der Waals surface area contributed by atoms with Gasteiger partial charge < -0.3 is 28.8 Å². The summed E-state index contributed by atoms with van der Waals surface area (Å²) in [5, 5.41) is 24.8. The average molecular weight is 1010 g/mol. The molecule has 0 bridgehead atoms. The molecule has 5 aromatic carbocycles. The van der Waals surface area contributed by atoms with Crippen LogP contribution in [0, 0.1) is 5.82 Å². The number of thiophene rings is 1. The Morgan fingerprint density at radius 3 is 2.22 bits per heavy atom. The zero-order chi connectivity index (χ0) is 47.8. The normalized spacial score (nSPS) is 12.7. The number of para-hydroxylation sites is 1. The highest BCUT2D eigenvalue weighted by Crippen LogP contribution is 2.45. The van der Waals surface area contributed by atoms with Crippen molar-refractivity contribution in [2.24, 2.45) is 0 Å². The molecule has 348 valence electrons. The minimum Gasteiger partial charge on any atom is -0.496 e. The van der Waals surface area contributed by atoms with Gasteiger partial charge in [0.05, 0.1) is 45.8 Å². The summed E-state index contributed by atoms with van der Waals surface area (Å²) in [6.45, 7) is 6.78. The van der Waals surface area contributed by atoms with E-state index < -0.39 is 26.5 Å². The predicted octanol–water partition coefficient (Wildman–Crippen LogP) is 10.2. The molecule has 0 saturated heterocycles. The Labute approximate surface area is 407 Å². The first-order valence-corrected chi connectivity index (χ1v) is 25.6. The summed E-state index contributed by atoms with van der Waals surface area (Å²) in [5.41, 5.74) is 3.49. The van der Waals surface area contributed by atoms with Crippen LogP contribution in [0.1, 0.15) is 44.0 Å². The monoisotopic (exact) mass is 1010 g/mol. The molecular formula is C53H50BrFN4O7SSi. The first-order chi connectivity index (χ1) is 32.8. The fraction of sp³-hybridized carbons (Fsp3) is 0.226. The van der Waals surface area contributed by atoms with Gasteiger partial charge in [-0.25, -0.2) is 29.1 Å². The lowest BCUT2D eigenvalue weighted by atomic mass is 10.00. The van der Waals surface area contributed by atoms with E-state index in [1.54, 1.807) is 31.5 Å². The van der Waals surface area contributed by atoms with Crippen molar-refractivity contribution in [3.05, 3.63) is 173 Å². The van der Waals surface area contributed by atoms with E-state index >= 15 is 0 Å². The number of aliphatic hydroxyl groups excluding tert-OH is 1. The number of aliphatic carboxylic acids is 1. The molecule has 0 aliphatic heterocycles. The van der Waals surface area contributed by atoms with Gasteiger partial charge in [0.1, 0.15) is 35.1 Å². The van der Waals surface area contributed by atoms with E-state index in [1.807, 2.05) is 78.9 Å². The van der Waals surface area contributed by atoms with Crippen LogP contribution in [0.4, 0.5) is 4.39 Å². The molecule has 0 amide bonds. The first kappa shape index (κ1) is 48.1. The zero-order valence-corrected chi connectivity index (χ0v) is 41.3. The van der Waals surface area contributed by atoms with E-state index in [2.05, 4.69) is 75.9 Å². The number of fused-ring (bicyclic) bond motifs is 1. The minimum absolute atomic E-state index is 0.0501. The third-order valence-corrected chi connectivity index (χ3v) is 18.9. The third kappa shape index (κ3) is 10.7. The van der Waals surface area contributed by atoms with Crippen molar-refractivity contribution >= 4 is 62.1 Å². The predicted molar refractivity (Wildman–Crippen MR) is 269 cm³/mol. The van der Waals surface area contributed by atoms with Gasteiger partial charge in [0.15, 0.2) is 5.82 Å². The van der Waals surface area contributed by atoms with Gasteiger partial charge in [0.2, 0.25) is 12.0 Å². The number of aromatic nitrogens is 4. The number of ether oxygens (including phenoxy) is 3. The molecular weight excluding hydrogens is 964 g/mol. The lowest BCUT2D eigenvalue weighted by molar-refractivity contribution is -0.145. The Balaban J connectivity index is 1.06. The smallest absolute Gasteiger partial charge is 0.345 e. The quantitative estimate of drug-likeness (QED) is 0.0747. The minimum atomic E-state index is -2.89. The Morgan fingerprint density at radius 2 is 1.54 bits per heavy atom. The van der Waals surface area contributed by atoms with E-state index in [0.717, 1.165) is 31.9 Å². The highest BCUT2D eigenvalue weighted by Gasteiger charge is 2.50. The number of hydrogen-bond acceptors (Lipinski definition) is 11. The third-order valence-electron chi connectivity index (χ3n) is 11.7. The number of benzene rings is 5. The van der Waals surface area contributed by atoms with Crippen molar-refractivity contribution in [3.63, 3.8) is 0 Å². The summed E-state index contributed by atoms with van der Waals surface area (Å²) in [6, 6.07) is 41.5. The Kier molecular flexibility index (Phi) is 15.1. The summed E-state index contributed by atoms with van der Waals surface area (Å²) >= 11 is 5.02. The Bertz CT molecular complexity index is 2960. The van der Waals surface area contributed by atoms with E-state index in [1.165, 1.54) is 29.8 Å². The van der Waals surface area contributed by atoms with Crippen LogP contribution >= 0.6 is 27.3 Å². The summed E-state index contributed by atoms with van der Waals surface area (Å²) in [7, 11) is -1.30. The molecule has 1 unspecified atom stereocenters. The summed E-state index contributed by atoms with van der Waals surface area (Å²) in [4.78, 5) is 32.5. The van der Waals surface area contributed by atoms with Crippen molar-refractivity contribution in [2.75, 3.05) is 13.7 Å². The number of carboxylic acids is 1. The molecule has 0 aliphatic rings. The molecule has 8 aromatic rings. The standard InChI is InChI=1S/C53H50BrFN4O7SSi/c1-53(2,3)68(40-13-7-5-8-14-40,41-15-9-6-10-16-41)65-32-39(60)25-19-34-20-26-43(64-31-38-27-28-56-49(59-38)42-17-11-12-18-44(42)63-4)36(29-34)30-45(52(61)62)66-50-46-47(54)48(67-51(46)58-33-57-50)35-21-23-37(55)24-22-35/h5-18,20-24,26-29,33,39,45,60H,19,25,30-32H2,1-4H3,(H,61,62)/t39-,45?/m1/s1. The fourth-order valence-electron chi connectivity index (χ4n) is 8.34. The van der Waals surface area contributed by atoms with Crippen molar-refractivity contribution in [1.29, 1.82) is 0 Å². The Morgan fingerprint density at radius 1 is 0.853 bits per heavy atom. The van der Waals surface area contributed by atoms with Gasteiger partial charge in [-0.2, -0.15) is 0 Å².